The van der Waals surface area contributed by atoms with E-state index in [1.165, 1.54) is 20.1 Å². The number of anilines is 2. The second kappa shape index (κ2) is 8.39. The molecule has 7 nitrogen and oxygen atoms in total. The van der Waals surface area contributed by atoms with Crippen molar-refractivity contribution in [2.24, 2.45) is 0 Å². The van der Waals surface area contributed by atoms with Gasteiger partial charge in [0, 0.05) is 12.6 Å². The normalized spacial score (nSPS) is 10.8. The molecule has 0 saturated carbocycles. The highest BCUT2D eigenvalue weighted by Crippen LogP contribution is 2.28. The minimum atomic E-state index is -3.65. The van der Waals surface area contributed by atoms with E-state index in [2.05, 4.69) is 10.0 Å². The van der Waals surface area contributed by atoms with E-state index in [4.69, 9.17) is 9.47 Å². The minimum absolute atomic E-state index is 0.00699. The second-order valence-corrected chi connectivity index (χ2v) is 7.02. The lowest BCUT2D eigenvalue weighted by atomic mass is 10.2. The van der Waals surface area contributed by atoms with E-state index >= 15 is 0 Å². The Kier molecular flexibility index (Phi) is 6.24. The van der Waals surface area contributed by atoms with Gasteiger partial charge in [-0.1, -0.05) is 18.2 Å². The molecule has 25 heavy (non-hydrogen) atoms. The number of rotatable bonds is 8. The number of methoxy groups -OCH3 is 1. The molecule has 2 rings (SSSR count). The van der Waals surface area contributed by atoms with Crippen LogP contribution >= 0.6 is 0 Å². The Bertz CT molecular complexity index is 822. The van der Waals surface area contributed by atoms with Gasteiger partial charge in [-0.15, -0.1) is 0 Å². The highest BCUT2D eigenvalue weighted by Gasteiger charge is 2.15. The number of benzene rings is 2. The van der Waals surface area contributed by atoms with Gasteiger partial charge in [-0.2, -0.15) is 0 Å². The van der Waals surface area contributed by atoms with Crippen LogP contribution < -0.4 is 19.5 Å². The van der Waals surface area contributed by atoms with E-state index in [9.17, 15) is 13.2 Å². The van der Waals surface area contributed by atoms with E-state index in [1.807, 2.05) is 6.07 Å². The minimum Gasteiger partial charge on any atom is -0.495 e. The molecule has 0 radical (unpaired) electrons. The second-order valence-electron chi connectivity index (χ2n) is 5.18. The third kappa shape index (κ3) is 6.00. The van der Waals surface area contributed by atoms with E-state index in [-0.39, 0.29) is 24.0 Å². The third-order valence-electron chi connectivity index (χ3n) is 3.15. The van der Waals surface area contributed by atoms with Gasteiger partial charge in [0.15, 0.2) is 0 Å². The van der Waals surface area contributed by atoms with Crippen molar-refractivity contribution < 1.29 is 22.7 Å². The van der Waals surface area contributed by atoms with Gasteiger partial charge in [0.25, 0.3) is 0 Å². The molecule has 2 aromatic carbocycles. The van der Waals surface area contributed by atoms with E-state index in [1.54, 1.807) is 36.4 Å². The van der Waals surface area contributed by atoms with Crippen molar-refractivity contribution in [2.45, 2.75) is 6.92 Å². The first kappa shape index (κ1) is 18.6. The van der Waals surface area contributed by atoms with Crippen LogP contribution in [0.15, 0.2) is 48.5 Å². The number of nitrogens with one attached hydrogen (secondary N) is 2. The number of hydrogen-bond acceptors (Lipinski definition) is 5. The molecule has 0 heterocycles. The Morgan fingerprint density at radius 1 is 1.12 bits per heavy atom. The molecule has 0 unspecified atom stereocenters. The molecule has 8 heteroatoms. The average Bonchev–Trinajstić information content (AvgIpc) is 2.55. The van der Waals surface area contributed by atoms with Gasteiger partial charge in [-0.25, -0.2) is 8.42 Å². The third-order valence-corrected chi connectivity index (χ3v) is 4.38. The summed E-state index contributed by atoms with van der Waals surface area (Å²) < 4.78 is 37.5. The Hall–Kier alpha value is -2.74. The fraction of sp³-hybridized carbons (Fsp3) is 0.235. The SMILES string of the molecule is COc1ccc(NC(C)=O)cc1NS(=O)(=O)CCOc1ccccc1. The Morgan fingerprint density at radius 2 is 1.84 bits per heavy atom. The van der Waals surface area contributed by atoms with Crippen molar-refractivity contribution in [3.8, 4) is 11.5 Å². The number of para-hydroxylation sites is 1. The van der Waals surface area contributed by atoms with Gasteiger partial charge >= 0.3 is 0 Å². The van der Waals surface area contributed by atoms with Crippen molar-refractivity contribution >= 4 is 27.3 Å². The summed E-state index contributed by atoms with van der Waals surface area (Å²) in [5, 5.41) is 2.59. The van der Waals surface area contributed by atoms with Crippen LogP contribution in [0.5, 0.6) is 11.5 Å². The summed E-state index contributed by atoms with van der Waals surface area (Å²) in [5.41, 5.74) is 0.708. The molecule has 0 aromatic heterocycles. The van der Waals surface area contributed by atoms with Gasteiger partial charge in [0.2, 0.25) is 15.9 Å². The number of carbonyl (C=O) groups excluding carboxylic acids is 1. The predicted octanol–water partition coefficient (Wildman–Crippen LogP) is 2.47. The zero-order valence-corrected chi connectivity index (χ0v) is 14.8. The maximum Gasteiger partial charge on any atom is 0.236 e. The molecule has 0 aliphatic carbocycles. The van der Waals surface area contributed by atoms with Gasteiger partial charge in [0.05, 0.1) is 12.8 Å². The first-order valence-electron chi connectivity index (χ1n) is 7.53. The van der Waals surface area contributed by atoms with Crippen molar-refractivity contribution in [1.82, 2.24) is 0 Å². The smallest absolute Gasteiger partial charge is 0.236 e. The van der Waals surface area contributed by atoms with Crippen LogP contribution in [0.4, 0.5) is 11.4 Å². The summed E-state index contributed by atoms with van der Waals surface area (Å²) in [5.74, 6) is 0.468. The van der Waals surface area contributed by atoms with E-state index in [0.717, 1.165) is 0 Å². The molecule has 134 valence electrons. The topological polar surface area (TPSA) is 93.7 Å². The maximum absolute atomic E-state index is 12.3. The van der Waals surface area contributed by atoms with Crippen LogP contribution in [0.2, 0.25) is 0 Å². The van der Waals surface area contributed by atoms with Crippen molar-refractivity contribution in [3.63, 3.8) is 0 Å². The van der Waals surface area contributed by atoms with Crippen LogP contribution in [-0.2, 0) is 14.8 Å². The number of amides is 1. The van der Waals surface area contributed by atoms with Gasteiger partial charge in [-0.3, -0.25) is 9.52 Å². The lowest BCUT2D eigenvalue weighted by molar-refractivity contribution is -0.114. The molecule has 0 bridgehead atoms. The number of ether oxygens (including phenoxy) is 2. The first-order valence-corrected chi connectivity index (χ1v) is 9.19. The Labute approximate surface area is 147 Å². The highest BCUT2D eigenvalue weighted by molar-refractivity contribution is 7.92. The predicted molar refractivity (Wildman–Crippen MR) is 96.6 cm³/mol. The number of carbonyl (C=O) groups is 1. The highest BCUT2D eigenvalue weighted by atomic mass is 32.2. The van der Waals surface area contributed by atoms with Crippen molar-refractivity contribution in [3.05, 3.63) is 48.5 Å². The fourth-order valence-corrected chi connectivity index (χ4v) is 2.97. The molecule has 2 aromatic rings. The first-order chi connectivity index (χ1) is 11.9. The van der Waals surface area contributed by atoms with Crippen LogP contribution in [0, 0.1) is 0 Å². The summed E-state index contributed by atoms with van der Waals surface area (Å²) in [6.45, 7) is 1.38. The molecule has 1 amide bonds. The van der Waals surface area contributed by atoms with Crippen LogP contribution in [0.3, 0.4) is 0 Å². The number of sulfonamides is 1. The zero-order valence-electron chi connectivity index (χ0n) is 14.0. The molecule has 0 spiro atoms. The lowest BCUT2D eigenvalue weighted by Gasteiger charge is -2.14. The maximum atomic E-state index is 12.3. The van der Waals surface area contributed by atoms with E-state index in [0.29, 0.717) is 17.2 Å². The average molecular weight is 364 g/mol. The Morgan fingerprint density at radius 3 is 2.48 bits per heavy atom. The standard InChI is InChI=1S/C17H20N2O5S/c1-13(20)18-14-8-9-17(23-2)16(12-14)19-25(21,22)11-10-24-15-6-4-3-5-7-15/h3-9,12,19H,10-11H2,1-2H3,(H,18,20). The fourth-order valence-electron chi connectivity index (χ4n) is 2.07. The molecular weight excluding hydrogens is 344 g/mol. The van der Waals surface area contributed by atoms with E-state index < -0.39 is 10.0 Å². The zero-order chi connectivity index (χ0) is 18.3. The monoisotopic (exact) mass is 364 g/mol. The molecule has 2 N–H and O–H groups in total. The van der Waals surface area contributed by atoms with Crippen molar-refractivity contribution in [2.75, 3.05) is 29.5 Å². The van der Waals surface area contributed by atoms with Crippen LogP contribution in [-0.4, -0.2) is 33.8 Å². The van der Waals surface area contributed by atoms with Crippen molar-refractivity contribution in [1.29, 1.82) is 0 Å². The van der Waals surface area contributed by atoms with Crippen LogP contribution in [0.25, 0.3) is 0 Å². The summed E-state index contributed by atoms with van der Waals surface area (Å²) in [4.78, 5) is 11.1. The Balaban J connectivity index is 2.04. The summed E-state index contributed by atoms with van der Waals surface area (Å²) in [6.07, 6.45) is 0. The largest absolute Gasteiger partial charge is 0.495 e. The summed E-state index contributed by atoms with van der Waals surface area (Å²) >= 11 is 0. The van der Waals surface area contributed by atoms with Gasteiger partial charge in [0.1, 0.15) is 23.9 Å². The van der Waals surface area contributed by atoms with Gasteiger partial charge in [-0.05, 0) is 30.3 Å². The number of hydrogen-bond donors (Lipinski definition) is 2. The lowest BCUT2D eigenvalue weighted by Crippen LogP contribution is -2.21. The van der Waals surface area contributed by atoms with Crippen LogP contribution in [0.1, 0.15) is 6.92 Å². The summed E-state index contributed by atoms with van der Waals surface area (Å²) in [6, 6.07) is 13.6. The molecule has 0 saturated heterocycles. The molecule has 0 aliphatic heterocycles. The molecule has 0 fully saturated rings. The molecular formula is C17H20N2O5S. The van der Waals surface area contributed by atoms with Gasteiger partial charge < -0.3 is 14.8 Å². The summed E-state index contributed by atoms with van der Waals surface area (Å²) in [7, 11) is -2.22. The quantitative estimate of drug-likeness (QED) is 0.750. The molecule has 0 aliphatic rings. The molecule has 0 atom stereocenters.